The molecule has 3 fully saturated rings. The van der Waals surface area contributed by atoms with E-state index in [1.807, 2.05) is 44.3 Å². The number of amides is 1. The van der Waals surface area contributed by atoms with Crippen LogP contribution in [0, 0.1) is 23.7 Å². The van der Waals surface area contributed by atoms with Crippen molar-refractivity contribution >= 4 is 34.7 Å². The van der Waals surface area contributed by atoms with Crippen molar-refractivity contribution in [3.63, 3.8) is 0 Å². The van der Waals surface area contributed by atoms with Gasteiger partial charge in [-0.1, -0.05) is 33.8 Å². The number of pyridine rings is 1. The van der Waals surface area contributed by atoms with E-state index in [1.165, 1.54) is 34.3 Å². The van der Waals surface area contributed by atoms with Crippen molar-refractivity contribution in [2.45, 2.75) is 218 Å². The maximum absolute atomic E-state index is 14.6. The van der Waals surface area contributed by atoms with Gasteiger partial charge in [-0.05, 0) is 125 Å². The standard InChI is InChI=1S/C58H91N3O18/c1-16-42-58(11,70)49(65)33(5)45(62)30(2)27-56(9,71-14)50(78-54-47(64)41(60(12)13)24-32(4)74-54)34(6)48(35(7)53(68)76-42)77-43-28-57(10,72-15)51(36(8)75-43)79-55(69)59-21-23-73-22-17-18-37-25-38-20-19-31(3)61-29-40(52(66)67)46(63)39(26-37)44(38)61/h25-26,29-36,41-43,47-51,54,64-65,70H,16-24,27-28H2,1-15H3,(H,59,69)(H,66,67)/t30-,31?,32-,33+,34+,35-,36+,41+,42-,43+,47-,48+,49-,50-,51+,54?,56-,57-,58-/m1/s1. The van der Waals surface area contributed by atoms with Crippen molar-refractivity contribution in [3.05, 3.63) is 45.2 Å². The van der Waals surface area contributed by atoms with Crippen molar-refractivity contribution in [3.8, 4) is 0 Å². The Balaban J connectivity index is 1.16. The number of carboxylic acid groups (broad SMARTS) is 1. The average Bonchev–Trinajstić information content (AvgIpc) is 3.61. The Morgan fingerprint density at radius 2 is 1.57 bits per heavy atom. The molecule has 0 spiro atoms. The first-order valence-corrected chi connectivity index (χ1v) is 28.2. The van der Waals surface area contributed by atoms with Gasteiger partial charge in [0.2, 0.25) is 5.43 Å². The summed E-state index contributed by atoms with van der Waals surface area (Å²) in [5, 5.41) is 48.2. The average molecular weight is 1120 g/mol. The minimum Gasteiger partial charge on any atom is -0.477 e. The quantitative estimate of drug-likeness (QED) is 0.0988. The third-order valence-electron chi connectivity index (χ3n) is 17.5. The number of hydrogen-bond donors (Lipinski definition) is 5. The summed E-state index contributed by atoms with van der Waals surface area (Å²) >= 11 is 0. The van der Waals surface area contributed by atoms with E-state index in [-0.39, 0.29) is 61.9 Å². The minimum atomic E-state index is -2.03. The SMILES string of the molecule is CC[C@H]1OC(=O)[C@H](C)[C@@H](O[C@H]2C[C@@](C)(OC)[C@@H](OC(=O)NCCOCCCc3cc4c5c(c3)c(=O)c(C(=O)O)cn5C(C)CC4)[C@H](C)O2)[C@H](C)[C@@H](OC2O[C@H](C)C[C@H](N(C)C)[C@H]2O)[C@](C)(OC)C[C@@H](C)C(=O)[C@H](C)[C@@H](O)[C@]1(C)O. The van der Waals surface area contributed by atoms with Crippen LogP contribution in [0.25, 0.3) is 10.9 Å². The topological polar surface area (TPSA) is 270 Å². The number of rotatable bonds is 17. The molecule has 0 aliphatic carbocycles. The number of esters is 1. The van der Waals surface area contributed by atoms with Crippen molar-refractivity contribution in [1.29, 1.82) is 0 Å². The molecule has 1 amide bonds. The zero-order chi connectivity index (χ0) is 58.6. The molecule has 21 nitrogen and oxygen atoms in total. The van der Waals surface area contributed by atoms with Gasteiger partial charge in [-0.2, -0.15) is 0 Å². The molecule has 5 heterocycles. The number of aryl methyl sites for hydroxylation is 2. The van der Waals surface area contributed by atoms with Gasteiger partial charge >= 0.3 is 18.0 Å². The van der Waals surface area contributed by atoms with Gasteiger partial charge in [0.25, 0.3) is 0 Å². The third-order valence-corrected chi connectivity index (χ3v) is 17.5. The molecule has 4 aliphatic rings. The fourth-order valence-corrected chi connectivity index (χ4v) is 12.6. The highest BCUT2D eigenvalue weighted by atomic mass is 16.7. The van der Waals surface area contributed by atoms with Crippen LogP contribution in [-0.2, 0) is 65.1 Å². The second kappa shape index (κ2) is 26.4. The smallest absolute Gasteiger partial charge is 0.407 e. The second-order valence-corrected chi connectivity index (χ2v) is 23.8. The lowest BCUT2D eigenvalue weighted by molar-refractivity contribution is -0.319. The molecule has 79 heavy (non-hydrogen) atoms. The fourth-order valence-electron chi connectivity index (χ4n) is 12.6. The number of Topliss-reactive ketones (excluding diaryl/α,β-unsaturated/α-hetero) is 1. The molecule has 4 aliphatic heterocycles. The molecule has 5 N–H and O–H groups in total. The van der Waals surface area contributed by atoms with Crippen LogP contribution in [0.15, 0.2) is 23.1 Å². The summed E-state index contributed by atoms with van der Waals surface area (Å²) < 4.78 is 58.9. The molecule has 21 heteroatoms. The number of benzene rings is 1. The minimum absolute atomic E-state index is 0.00994. The maximum atomic E-state index is 14.6. The molecule has 1 aromatic heterocycles. The summed E-state index contributed by atoms with van der Waals surface area (Å²) in [6.07, 6.45) is -6.25. The second-order valence-electron chi connectivity index (χ2n) is 23.8. The Hall–Kier alpha value is -4.13. The lowest BCUT2D eigenvalue weighted by atomic mass is 9.74. The van der Waals surface area contributed by atoms with E-state index in [1.54, 1.807) is 47.6 Å². The lowest BCUT2D eigenvalue weighted by Gasteiger charge is -2.50. The van der Waals surface area contributed by atoms with Gasteiger partial charge in [0.05, 0.1) is 54.2 Å². The molecule has 2 aromatic rings. The van der Waals surface area contributed by atoms with Gasteiger partial charge in [-0.15, -0.1) is 0 Å². The van der Waals surface area contributed by atoms with E-state index in [9.17, 15) is 44.4 Å². The van der Waals surface area contributed by atoms with Crippen molar-refractivity contribution in [1.82, 2.24) is 14.8 Å². The van der Waals surface area contributed by atoms with Crippen LogP contribution in [0.5, 0.6) is 0 Å². The van der Waals surface area contributed by atoms with Gasteiger partial charge in [-0.25, -0.2) is 9.59 Å². The number of carbonyl (C=O) groups is 4. The summed E-state index contributed by atoms with van der Waals surface area (Å²) in [6.45, 7) is 19.6. The Morgan fingerprint density at radius 1 is 0.899 bits per heavy atom. The number of cyclic esters (lactones) is 1. The van der Waals surface area contributed by atoms with Gasteiger partial charge in [0, 0.05) is 75.2 Å². The summed E-state index contributed by atoms with van der Waals surface area (Å²) in [7, 11) is 6.70. The molecule has 2 unspecified atom stereocenters. The Morgan fingerprint density at radius 3 is 2.20 bits per heavy atom. The number of carboxylic acids is 1. The van der Waals surface area contributed by atoms with Crippen LogP contribution < -0.4 is 10.7 Å². The third kappa shape index (κ3) is 14.0. The highest BCUT2D eigenvalue weighted by Crippen LogP contribution is 2.43. The highest BCUT2D eigenvalue weighted by molar-refractivity contribution is 5.94. The lowest BCUT2D eigenvalue weighted by Crippen LogP contribution is -2.62. The van der Waals surface area contributed by atoms with E-state index < -0.39 is 119 Å². The molecule has 0 bridgehead atoms. The first-order chi connectivity index (χ1) is 37.0. The molecular formula is C58H91N3O18. The number of aromatic nitrogens is 1. The monoisotopic (exact) mass is 1120 g/mol. The van der Waals surface area contributed by atoms with Gasteiger partial charge < -0.3 is 77.8 Å². The van der Waals surface area contributed by atoms with Crippen molar-refractivity contribution in [2.75, 3.05) is 48.1 Å². The molecule has 6 rings (SSSR count). The first kappa shape index (κ1) is 64.0. The number of ketones is 1. The largest absolute Gasteiger partial charge is 0.477 e. The zero-order valence-electron chi connectivity index (χ0n) is 49.1. The molecular weight excluding hydrogens is 1030 g/mol. The molecule has 0 radical (unpaired) electrons. The van der Waals surface area contributed by atoms with E-state index in [4.69, 9.17) is 42.6 Å². The number of aliphatic hydroxyl groups is 3. The van der Waals surface area contributed by atoms with E-state index >= 15 is 0 Å². The number of methoxy groups -OCH3 is 2. The zero-order valence-corrected chi connectivity index (χ0v) is 49.1. The van der Waals surface area contributed by atoms with E-state index in [2.05, 4.69) is 11.4 Å². The molecule has 446 valence electrons. The Labute approximate surface area is 465 Å². The van der Waals surface area contributed by atoms with Crippen LogP contribution in [0.4, 0.5) is 4.79 Å². The maximum Gasteiger partial charge on any atom is 0.407 e. The van der Waals surface area contributed by atoms with Crippen molar-refractivity contribution in [2.24, 2.45) is 23.7 Å². The van der Waals surface area contributed by atoms with Crippen LogP contribution in [0.1, 0.15) is 142 Å². The summed E-state index contributed by atoms with van der Waals surface area (Å²) in [5.74, 6) is -6.13. The number of aromatic carboxylic acids is 1. The van der Waals surface area contributed by atoms with Crippen molar-refractivity contribution < 1.29 is 82.2 Å². The number of nitrogens with zero attached hydrogens (tertiary/aromatic N) is 2. The predicted molar refractivity (Wildman–Crippen MR) is 291 cm³/mol. The van der Waals surface area contributed by atoms with Crippen LogP contribution in [-0.4, -0.2) is 186 Å². The summed E-state index contributed by atoms with van der Waals surface area (Å²) in [4.78, 5) is 69.2. The number of likely N-dealkylation sites (N-methyl/N-ethyl adjacent to an activating group) is 1. The molecule has 19 atom stereocenters. The van der Waals surface area contributed by atoms with Gasteiger partial charge in [-0.3, -0.25) is 14.4 Å². The number of nitrogens with one attached hydrogen (secondary N) is 1. The van der Waals surface area contributed by atoms with E-state index in [0.717, 1.165) is 29.5 Å². The number of aliphatic hydroxyl groups excluding tert-OH is 2. The van der Waals surface area contributed by atoms with Gasteiger partial charge in [0.1, 0.15) is 34.8 Å². The van der Waals surface area contributed by atoms with Crippen LogP contribution in [0.3, 0.4) is 0 Å². The number of alkyl carbamates (subject to hydrolysis) is 1. The number of carbonyl (C=O) groups excluding carboxylic acids is 3. The molecule has 0 saturated carbocycles. The number of ether oxygens (including phenoxy) is 9. The molecule has 1 aromatic carbocycles. The number of hydrogen-bond acceptors (Lipinski definition) is 18. The van der Waals surface area contributed by atoms with Crippen LogP contribution in [0.2, 0.25) is 0 Å². The van der Waals surface area contributed by atoms with E-state index in [0.29, 0.717) is 31.3 Å². The Bertz CT molecular complexity index is 2500. The van der Waals surface area contributed by atoms with Crippen LogP contribution >= 0.6 is 0 Å². The predicted octanol–water partition coefficient (Wildman–Crippen LogP) is 5.34. The molecule has 3 saturated heterocycles. The highest BCUT2D eigenvalue weighted by Gasteiger charge is 2.55. The summed E-state index contributed by atoms with van der Waals surface area (Å²) in [5.41, 5.74) is -2.58. The normalized spacial score (nSPS) is 37.8. The summed E-state index contributed by atoms with van der Waals surface area (Å²) in [6, 6.07) is 3.60. The first-order valence-electron chi connectivity index (χ1n) is 28.2. The fraction of sp³-hybridized carbons (Fsp3) is 0.776. The van der Waals surface area contributed by atoms with Gasteiger partial charge in [0.15, 0.2) is 18.7 Å². The Kier molecular flexibility index (Phi) is 21.4.